The standard InChI is InChI=1S/C16H10BrN3O/c17-13-3-1-12-10-14(4-2-11(12)9-13)21-16-15-5-6-19-20(15)8-7-18-16/h1-10H. The van der Waals surface area contributed by atoms with Crippen LogP contribution in [0.15, 0.2) is 65.5 Å². The molecule has 0 aliphatic heterocycles. The molecule has 0 atom stereocenters. The molecule has 4 nitrogen and oxygen atoms in total. The van der Waals surface area contributed by atoms with Gasteiger partial charge in [0.2, 0.25) is 5.88 Å². The lowest BCUT2D eigenvalue weighted by Gasteiger charge is -2.07. The highest BCUT2D eigenvalue weighted by molar-refractivity contribution is 9.10. The van der Waals surface area contributed by atoms with E-state index >= 15 is 0 Å². The van der Waals surface area contributed by atoms with E-state index in [9.17, 15) is 0 Å². The number of rotatable bonds is 2. The minimum atomic E-state index is 0.548. The average Bonchev–Trinajstić information content (AvgIpc) is 2.97. The van der Waals surface area contributed by atoms with Gasteiger partial charge in [0.1, 0.15) is 11.3 Å². The molecule has 2 heterocycles. The van der Waals surface area contributed by atoms with E-state index in [1.807, 2.05) is 30.3 Å². The van der Waals surface area contributed by atoms with Gasteiger partial charge in [0.15, 0.2) is 0 Å². The van der Waals surface area contributed by atoms with E-state index in [0.717, 1.165) is 26.5 Å². The van der Waals surface area contributed by atoms with Gasteiger partial charge in [-0.25, -0.2) is 9.50 Å². The lowest BCUT2D eigenvalue weighted by molar-refractivity contribution is 0.466. The summed E-state index contributed by atoms with van der Waals surface area (Å²) in [4.78, 5) is 4.28. The van der Waals surface area contributed by atoms with Crippen LogP contribution in [0.2, 0.25) is 0 Å². The number of hydrogen-bond donors (Lipinski definition) is 0. The Morgan fingerprint density at radius 2 is 1.81 bits per heavy atom. The van der Waals surface area contributed by atoms with Crippen molar-refractivity contribution in [2.24, 2.45) is 0 Å². The van der Waals surface area contributed by atoms with Crippen LogP contribution in [-0.4, -0.2) is 14.6 Å². The van der Waals surface area contributed by atoms with Gasteiger partial charge in [-0.05, 0) is 41.1 Å². The first-order valence-electron chi connectivity index (χ1n) is 6.45. The topological polar surface area (TPSA) is 39.4 Å². The number of nitrogens with zero attached hydrogens (tertiary/aromatic N) is 3. The molecule has 0 bridgehead atoms. The van der Waals surface area contributed by atoms with Crippen LogP contribution < -0.4 is 4.74 Å². The number of aromatic nitrogens is 3. The summed E-state index contributed by atoms with van der Waals surface area (Å²) >= 11 is 3.48. The summed E-state index contributed by atoms with van der Waals surface area (Å²) in [7, 11) is 0. The molecule has 102 valence electrons. The molecule has 0 aliphatic rings. The molecule has 0 unspecified atom stereocenters. The summed E-state index contributed by atoms with van der Waals surface area (Å²) < 4.78 is 8.71. The van der Waals surface area contributed by atoms with Gasteiger partial charge in [0, 0.05) is 16.9 Å². The second kappa shape index (κ2) is 4.86. The monoisotopic (exact) mass is 339 g/mol. The average molecular weight is 340 g/mol. The lowest BCUT2D eigenvalue weighted by Crippen LogP contribution is -1.93. The zero-order valence-electron chi connectivity index (χ0n) is 10.9. The fraction of sp³-hybridized carbons (Fsp3) is 0. The molecule has 0 amide bonds. The minimum absolute atomic E-state index is 0.548. The summed E-state index contributed by atoms with van der Waals surface area (Å²) in [6, 6.07) is 14.0. The van der Waals surface area contributed by atoms with Crippen molar-refractivity contribution in [2.45, 2.75) is 0 Å². The summed E-state index contributed by atoms with van der Waals surface area (Å²) in [5, 5.41) is 6.45. The highest BCUT2D eigenvalue weighted by atomic mass is 79.9. The van der Waals surface area contributed by atoms with Crippen LogP contribution in [0.25, 0.3) is 16.3 Å². The Balaban J connectivity index is 1.77. The van der Waals surface area contributed by atoms with E-state index < -0.39 is 0 Å². The molecule has 0 saturated heterocycles. The molecule has 0 aliphatic carbocycles. The van der Waals surface area contributed by atoms with Crippen molar-refractivity contribution in [2.75, 3.05) is 0 Å². The molecule has 0 fully saturated rings. The van der Waals surface area contributed by atoms with Crippen LogP contribution in [0.4, 0.5) is 0 Å². The van der Waals surface area contributed by atoms with Gasteiger partial charge < -0.3 is 4.74 Å². The fourth-order valence-corrected chi connectivity index (χ4v) is 2.66. The van der Waals surface area contributed by atoms with E-state index in [1.54, 1.807) is 23.1 Å². The Hall–Kier alpha value is -2.40. The van der Waals surface area contributed by atoms with Crippen LogP contribution in [0.3, 0.4) is 0 Å². The van der Waals surface area contributed by atoms with Gasteiger partial charge in [-0.2, -0.15) is 5.10 Å². The van der Waals surface area contributed by atoms with E-state index in [1.165, 1.54) is 0 Å². The van der Waals surface area contributed by atoms with Crippen molar-refractivity contribution in [3.63, 3.8) is 0 Å². The number of halogens is 1. The van der Waals surface area contributed by atoms with Crippen molar-refractivity contribution >= 4 is 32.2 Å². The van der Waals surface area contributed by atoms with Gasteiger partial charge in [0.05, 0.1) is 6.20 Å². The molecule has 0 radical (unpaired) electrons. The molecule has 4 aromatic rings. The summed E-state index contributed by atoms with van der Waals surface area (Å²) in [6.07, 6.45) is 5.19. The molecule has 2 aromatic carbocycles. The highest BCUT2D eigenvalue weighted by Gasteiger charge is 2.06. The largest absolute Gasteiger partial charge is 0.437 e. The molecule has 0 N–H and O–H groups in total. The smallest absolute Gasteiger partial charge is 0.245 e. The minimum Gasteiger partial charge on any atom is -0.437 e. The number of ether oxygens (including phenoxy) is 1. The van der Waals surface area contributed by atoms with Gasteiger partial charge in [-0.1, -0.05) is 28.1 Å². The zero-order chi connectivity index (χ0) is 14.2. The third-order valence-corrected chi connectivity index (χ3v) is 3.77. The van der Waals surface area contributed by atoms with Gasteiger partial charge in [-0.15, -0.1) is 0 Å². The first-order valence-corrected chi connectivity index (χ1v) is 7.24. The van der Waals surface area contributed by atoms with Crippen LogP contribution in [0.1, 0.15) is 0 Å². The SMILES string of the molecule is Brc1ccc2cc(Oc3nccn4nccc34)ccc2c1. The third-order valence-electron chi connectivity index (χ3n) is 3.28. The summed E-state index contributed by atoms with van der Waals surface area (Å²) in [5.74, 6) is 1.30. The molecular formula is C16H10BrN3O. The Labute approximate surface area is 129 Å². The second-order valence-electron chi connectivity index (χ2n) is 4.65. The summed E-state index contributed by atoms with van der Waals surface area (Å²) in [6.45, 7) is 0. The fourth-order valence-electron chi connectivity index (χ4n) is 2.28. The predicted molar refractivity (Wildman–Crippen MR) is 84.7 cm³/mol. The number of benzene rings is 2. The maximum Gasteiger partial charge on any atom is 0.245 e. The van der Waals surface area contributed by atoms with Crippen molar-refractivity contribution in [1.29, 1.82) is 0 Å². The van der Waals surface area contributed by atoms with Crippen molar-refractivity contribution in [1.82, 2.24) is 14.6 Å². The Morgan fingerprint density at radius 3 is 2.76 bits per heavy atom. The highest BCUT2D eigenvalue weighted by Crippen LogP contribution is 2.28. The molecular weight excluding hydrogens is 330 g/mol. The quantitative estimate of drug-likeness (QED) is 0.542. The third kappa shape index (κ3) is 2.25. The van der Waals surface area contributed by atoms with Crippen molar-refractivity contribution in [3.8, 4) is 11.6 Å². The first-order chi connectivity index (χ1) is 10.3. The molecule has 2 aromatic heterocycles. The van der Waals surface area contributed by atoms with Gasteiger partial charge >= 0.3 is 0 Å². The molecule has 0 spiro atoms. The Morgan fingerprint density at radius 1 is 0.952 bits per heavy atom. The predicted octanol–water partition coefficient (Wildman–Crippen LogP) is 4.44. The van der Waals surface area contributed by atoms with Crippen molar-refractivity contribution in [3.05, 3.63) is 65.5 Å². The molecule has 0 saturated carbocycles. The lowest BCUT2D eigenvalue weighted by atomic mass is 10.1. The molecule has 4 rings (SSSR count). The maximum atomic E-state index is 5.90. The normalized spacial score (nSPS) is 11.1. The van der Waals surface area contributed by atoms with Crippen LogP contribution >= 0.6 is 15.9 Å². The van der Waals surface area contributed by atoms with Gasteiger partial charge in [-0.3, -0.25) is 0 Å². The zero-order valence-corrected chi connectivity index (χ0v) is 12.5. The van der Waals surface area contributed by atoms with E-state index in [4.69, 9.17) is 4.74 Å². The van der Waals surface area contributed by atoms with Crippen molar-refractivity contribution < 1.29 is 4.74 Å². The van der Waals surface area contributed by atoms with E-state index in [-0.39, 0.29) is 0 Å². The Kier molecular flexibility index (Phi) is 2.86. The molecule has 21 heavy (non-hydrogen) atoms. The van der Waals surface area contributed by atoms with E-state index in [0.29, 0.717) is 5.88 Å². The van der Waals surface area contributed by atoms with Crippen LogP contribution in [-0.2, 0) is 0 Å². The van der Waals surface area contributed by atoms with Crippen LogP contribution in [0.5, 0.6) is 11.6 Å². The summed E-state index contributed by atoms with van der Waals surface area (Å²) in [5.41, 5.74) is 0.841. The Bertz CT molecular complexity index is 948. The van der Waals surface area contributed by atoms with Crippen LogP contribution in [0, 0.1) is 0 Å². The maximum absolute atomic E-state index is 5.90. The second-order valence-corrected chi connectivity index (χ2v) is 5.56. The number of fused-ring (bicyclic) bond motifs is 2. The van der Waals surface area contributed by atoms with E-state index in [2.05, 4.69) is 38.1 Å². The first kappa shape index (κ1) is 12.3. The number of hydrogen-bond acceptors (Lipinski definition) is 3. The van der Waals surface area contributed by atoms with Gasteiger partial charge in [0.25, 0.3) is 0 Å². The molecule has 5 heteroatoms.